The quantitative estimate of drug-likeness (QED) is 0.834. The largest absolute Gasteiger partial charge is 0.586 e. The molecule has 0 saturated carbocycles. The molecule has 0 unspecified atom stereocenters. The van der Waals surface area contributed by atoms with Gasteiger partial charge in [0.15, 0.2) is 17.3 Å². The van der Waals surface area contributed by atoms with Gasteiger partial charge in [0.1, 0.15) is 5.82 Å². The van der Waals surface area contributed by atoms with Gasteiger partial charge in [-0.2, -0.15) is 0 Å². The molecule has 3 rings (SSSR count). The Kier molecular flexibility index (Phi) is 4.35. The molecule has 0 radical (unpaired) electrons. The van der Waals surface area contributed by atoms with E-state index in [0.29, 0.717) is 5.56 Å². The predicted molar refractivity (Wildman–Crippen MR) is 81.2 cm³/mol. The summed E-state index contributed by atoms with van der Waals surface area (Å²) < 4.78 is 47.2. The molecular weight excluding hydrogens is 339 g/mol. The van der Waals surface area contributed by atoms with E-state index in [0.717, 1.165) is 12.1 Å². The molecule has 5 nitrogen and oxygen atoms in total. The number of amides is 1. The highest BCUT2D eigenvalue weighted by atomic mass is 19.3. The van der Waals surface area contributed by atoms with Gasteiger partial charge in [0.25, 0.3) is 0 Å². The van der Waals surface area contributed by atoms with Crippen LogP contribution in [-0.4, -0.2) is 18.0 Å². The van der Waals surface area contributed by atoms with Crippen LogP contribution in [0.4, 0.5) is 18.9 Å². The Bertz CT molecular complexity index is 821. The minimum Gasteiger partial charge on any atom is -0.395 e. The van der Waals surface area contributed by atoms with E-state index in [-0.39, 0.29) is 35.8 Å². The minimum atomic E-state index is -3.73. The lowest BCUT2D eigenvalue weighted by Crippen LogP contribution is -2.25. The van der Waals surface area contributed by atoms with Crippen molar-refractivity contribution in [3.8, 4) is 11.5 Å². The molecular formula is C17H12F3NO4. The van der Waals surface area contributed by atoms with Crippen molar-refractivity contribution in [1.29, 1.82) is 0 Å². The zero-order valence-electron chi connectivity index (χ0n) is 12.7. The first kappa shape index (κ1) is 16.8. The Hall–Kier alpha value is -3.03. The summed E-state index contributed by atoms with van der Waals surface area (Å²) in [6.45, 7) is 0. The lowest BCUT2D eigenvalue weighted by atomic mass is 10.1. The Morgan fingerprint density at radius 2 is 1.64 bits per heavy atom. The molecule has 1 N–H and O–H groups in total. The van der Waals surface area contributed by atoms with Gasteiger partial charge in [0.2, 0.25) is 5.91 Å². The van der Waals surface area contributed by atoms with Crippen LogP contribution in [0.15, 0.2) is 42.5 Å². The molecule has 0 aliphatic carbocycles. The van der Waals surface area contributed by atoms with Gasteiger partial charge < -0.3 is 14.8 Å². The number of alkyl halides is 2. The van der Waals surface area contributed by atoms with Crippen molar-refractivity contribution in [1.82, 2.24) is 0 Å². The fraction of sp³-hybridized carbons (Fsp3) is 0.176. The molecule has 1 amide bonds. The molecule has 130 valence electrons. The van der Waals surface area contributed by atoms with Crippen molar-refractivity contribution in [2.24, 2.45) is 0 Å². The lowest BCUT2D eigenvalue weighted by molar-refractivity contribution is -0.286. The summed E-state index contributed by atoms with van der Waals surface area (Å²) in [5.41, 5.74) is 0.541. The Morgan fingerprint density at radius 3 is 2.36 bits per heavy atom. The number of hydrogen-bond acceptors (Lipinski definition) is 4. The number of anilines is 1. The van der Waals surface area contributed by atoms with E-state index in [9.17, 15) is 22.8 Å². The van der Waals surface area contributed by atoms with E-state index in [1.165, 1.54) is 30.3 Å². The van der Waals surface area contributed by atoms with Crippen LogP contribution >= 0.6 is 0 Å². The number of carbonyl (C=O) groups excluding carboxylic acids is 2. The van der Waals surface area contributed by atoms with Crippen molar-refractivity contribution >= 4 is 17.4 Å². The molecule has 0 atom stereocenters. The number of rotatable bonds is 5. The van der Waals surface area contributed by atoms with E-state index in [1.807, 2.05) is 0 Å². The highest BCUT2D eigenvalue weighted by molar-refractivity contribution is 6.00. The molecule has 0 fully saturated rings. The molecule has 0 saturated heterocycles. The van der Waals surface area contributed by atoms with Gasteiger partial charge in [-0.05, 0) is 36.4 Å². The molecule has 25 heavy (non-hydrogen) atoms. The third kappa shape index (κ3) is 4.09. The van der Waals surface area contributed by atoms with Gasteiger partial charge in [0, 0.05) is 30.2 Å². The van der Waals surface area contributed by atoms with Crippen molar-refractivity contribution in [2.45, 2.75) is 19.1 Å². The number of hydrogen-bond donors (Lipinski definition) is 1. The lowest BCUT2D eigenvalue weighted by Gasteiger charge is -2.06. The normalized spacial score (nSPS) is 14.2. The van der Waals surface area contributed by atoms with Crippen LogP contribution in [0.1, 0.15) is 23.2 Å². The predicted octanol–water partition coefficient (Wildman–Crippen LogP) is 3.75. The minimum absolute atomic E-state index is 0.0694. The molecule has 1 aliphatic heterocycles. The smallest absolute Gasteiger partial charge is 0.395 e. The van der Waals surface area contributed by atoms with Gasteiger partial charge in [0.05, 0.1) is 0 Å². The SMILES string of the molecule is O=C(CCC(=O)c1ccc(F)cc1)Nc1ccc2c(c1)OC(F)(F)O2. The summed E-state index contributed by atoms with van der Waals surface area (Å²) in [6.07, 6.45) is -3.91. The number of carbonyl (C=O) groups is 2. The first-order valence-corrected chi connectivity index (χ1v) is 7.31. The number of Topliss-reactive ketones (excluding diaryl/α,β-unsaturated/α-hetero) is 1. The van der Waals surface area contributed by atoms with Crippen molar-refractivity contribution in [3.05, 3.63) is 53.8 Å². The van der Waals surface area contributed by atoms with E-state index in [2.05, 4.69) is 14.8 Å². The van der Waals surface area contributed by atoms with Gasteiger partial charge >= 0.3 is 6.29 Å². The second-order valence-corrected chi connectivity index (χ2v) is 5.31. The monoisotopic (exact) mass is 351 g/mol. The first-order chi connectivity index (χ1) is 11.8. The molecule has 8 heteroatoms. The highest BCUT2D eigenvalue weighted by Crippen LogP contribution is 2.42. The molecule has 2 aromatic rings. The average molecular weight is 351 g/mol. The maximum absolute atomic E-state index is 12.9. The van der Waals surface area contributed by atoms with E-state index in [1.54, 1.807) is 0 Å². The molecule has 0 bridgehead atoms. The van der Waals surface area contributed by atoms with Gasteiger partial charge in [-0.25, -0.2) is 4.39 Å². The summed E-state index contributed by atoms with van der Waals surface area (Å²) in [5.74, 6) is -1.55. The maximum atomic E-state index is 12.9. The number of fused-ring (bicyclic) bond motifs is 1. The summed E-state index contributed by atoms with van der Waals surface area (Å²) in [7, 11) is 0. The van der Waals surface area contributed by atoms with Crippen LogP contribution in [0.2, 0.25) is 0 Å². The van der Waals surface area contributed by atoms with Crippen LogP contribution in [-0.2, 0) is 4.79 Å². The first-order valence-electron chi connectivity index (χ1n) is 7.31. The Balaban J connectivity index is 1.55. The Labute approximate surface area is 140 Å². The second-order valence-electron chi connectivity index (χ2n) is 5.31. The fourth-order valence-electron chi connectivity index (χ4n) is 2.26. The van der Waals surface area contributed by atoms with Gasteiger partial charge in [-0.15, -0.1) is 8.78 Å². The summed E-state index contributed by atoms with van der Waals surface area (Å²) in [5, 5.41) is 2.48. The zero-order valence-corrected chi connectivity index (χ0v) is 12.7. The van der Waals surface area contributed by atoms with E-state index < -0.39 is 18.0 Å². The molecule has 0 spiro atoms. The number of nitrogens with one attached hydrogen (secondary N) is 1. The number of ether oxygens (including phenoxy) is 2. The van der Waals surface area contributed by atoms with Gasteiger partial charge in [-0.3, -0.25) is 9.59 Å². The summed E-state index contributed by atoms with van der Waals surface area (Å²) in [4.78, 5) is 23.8. The summed E-state index contributed by atoms with van der Waals surface area (Å²) >= 11 is 0. The van der Waals surface area contributed by atoms with E-state index in [4.69, 9.17) is 0 Å². The zero-order chi connectivity index (χ0) is 18.0. The maximum Gasteiger partial charge on any atom is 0.586 e. The topological polar surface area (TPSA) is 64.6 Å². The second kappa shape index (κ2) is 6.46. The number of ketones is 1. The van der Waals surface area contributed by atoms with Crippen LogP contribution in [0, 0.1) is 5.82 Å². The summed E-state index contributed by atoms with van der Waals surface area (Å²) in [6, 6.07) is 8.83. The average Bonchev–Trinajstić information content (AvgIpc) is 2.86. The van der Waals surface area contributed by atoms with Crippen LogP contribution in [0.3, 0.4) is 0 Å². The highest BCUT2D eigenvalue weighted by Gasteiger charge is 2.43. The third-order valence-corrected chi connectivity index (χ3v) is 3.43. The molecule has 1 aliphatic rings. The van der Waals surface area contributed by atoms with E-state index >= 15 is 0 Å². The van der Waals surface area contributed by atoms with Crippen molar-refractivity contribution < 1.29 is 32.2 Å². The van der Waals surface area contributed by atoms with Crippen LogP contribution in [0.25, 0.3) is 0 Å². The Morgan fingerprint density at radius 1 is 0.960 bits per heavy atom. The fourth-order valence-corrected chi connectivity index (χ4v) is 2.26. The third-order valence-electron chi connectivity index (χ3n) is 3.43. The van der Waals surface area contributed by atoms with Crippen LogP contribution < -0.4 is 14.8 Å². The van der Waals surface area contributed by atoms with Crippen molar-refractivity contribution in [3.63, 3.8) is 0 Å². The van der Waals surface area contributed by atoms with Crippen molar-refractivity contribution in [2.75, 3.05) is 5.32 Å². The standard InChI is InChI=1S/C17H12F3NO4/c18-11-3-1-10(2-4-11)13(22)6-8-16(23)21-12-5-7-14-15(9-12)25-17(19,20)24-14/h1-5,7,9H,6,8H2,(H,21,23). The number of halogens is 3. The number of benzene rings is 2. The molecule has 0 aromatic heterocycles. The molecule has 1 heterocycles. The van der Waals surface area contributed by atoms with Crippen LogP contribution in [0.5, 0.6) is 11.5 Å². The van der Waals surface area contributed by atoms with Gasteiger partial charge in [-0.1, -0.05) is 0 Å². The molecule has 2 aromatic carbocycles.